The Bertz CT molecular complexity index is 504. The number of anilines is 2. The third kappa shape index (κ3) is 4.74. The summed E-state index contributed by atoms with van der Waals surface area (Å²) in [5.41, 5.74) is 3.35. The predicted octanol–water partition coefficient (Wildman–Crippen LogP) is 3.72. The lowest BCUT2D eigenvalue weighted by atomic mass is 10.2. The van der Waals surface area contributed by atoms with Crippen molar-refractivity contribution in [2.75, 3.05) is 23.3 Å². The molecule has 1 heterocycles. The molecule has 1 aromatic heterocycles. The zero-order chi connectivity index (χ0) is 14.9. The summed E-state index contributed by atoms with van der Waals surface area (Å²) in [5, 5.41) is 3.37. The highest BCUT2D eigenvalue weighted by molar-refractivity contribution is 5.55. The predicted molar refractivity (Wildman–Crippen MR) is 88.6 cm³/mol. The highest BCUT2D eigenvalue weighted by Crippen LogP contribution is 2.19. The van der Waals surface area contributed by atoms with Gasteiger partial charge in [0.1, 0.15) is 0 Å². The van der Waals surface area contributed by atoms with Gasteiger partial charge in [0, 0.05) is 36.9 Å². The van der Waals surface area contributed by atoms with Crippen molar-refractivity contribution in [1.29, 1.82) is 0 Å². The SMILES string of the molecule is CCCN(CCC)c1ccc(NCc2cnccn2)cc1. The molecule has 0 saturated carbocycles. The van der Waals surface area contributed by atoms with E-state index in [1.165, 1.54) is 18.5 Å². The Morgan fingerprint density at radius 3 is 2.29 bits per heavy atom. The zero-order valence-electron chi connectivity index (χ0n) is 12.9. The molecule has 0 aliphatic heterocycles. The maximum absolute atomic E-state index is 4.26. The van der Waals surface area contributed by atoms with Crippen LogP contribution in [0.15, 0.2) is 42.9 Å². The van der Waals surface area contributed by atoms with E-state index in [1.807, 2.05) is 0 Å². The second-order valence-electron chi connectivity index (χ2n) is 5.08. The quantitative estimate of drug-likeness (QED) is 0.802. The first-order valence-corrected chi connectivity index (χ1v) is 7.67. The van der Waals surface area contributed by atoms with Gasteiger partial charge in [0.15, 0.2) is 0 Å². The number of hydrogen-bond donors (Lipinski definition) is 1. The van der Waals surface area contributed by atoms with Crippen LogP contribution in [0.1, 0.15) is 32.4 Å². The standard InChI is InChI=1S/C17H24N4/c1-3-11-21(12-4-2)17-7-5-15(6-8-17)20-14-16-13-18-9-10-19-16/h5-10,13,20H,3-4,11-12,14H2,1-2H3. The first-order chi connectivity index (χ1) is 10.3. The molecule has 112 valence electrons. The van der Waals surface area contributed by atoms with Crippen molar-refractivity contribution in [3.05, 3.63) is 48.5 Å². The van der Waals surface area contributed by atoms with E-state index in [-0.39, 0.29) is 0 Å². The van der Waals surface area contributed by atoms with Crippen LogP contribution in [-0.4, -0.2) is 23.1 Å². The van der Waals surface area contributed by atoms with Crippen LogP contribution in [0.3, 0.4) is 0 Å². The Morgan fingerprint density at radius 1 is 1.00 bits per heavy atom. The van der Waals surface area contributed by atoms with Crippen LogP contribution in [0.25, 0.3) is 0 Å². The van der Waals surface area contributed by atoms with Crippen LogP contribution in [0.5, 0.6) is 0 Å². The summed E-state index contributed by atoms with van der Waals surface area (Å²) in [4.78, 5) is 10.8. The topological polar surface area (TPSA) is 41.0 Å². The normalized spacial score (nSPS) is 10.4. The molecule has 0 spiro atoms. The van der Waals surface area contributed by atoms with Gasteiger partial charge in [0.2, 0.25) is 0 Å². The molecule has 0 aliphatic rings. The van der Waals surface area contributed by atoms with Crippen LogP contribution < -0.4 is 10.2 Å². The fourth-order valence-electron chi connectivity index (χ4n) is 2.31. The average Bonchev–Trinajstić information content (AvgIpc) is 2.54. The molecule has 0 amide bonds. The number of hydrogen-bond acceptors (Lipinski definition) is 4. The van der Waals surface area contributed by atoms with Crippen molar-refractivity contribution in [3.63, 3.8) is 0 Å². The molecule has 0 saturated heterocycles. The van der Waals surface area contributed by atoms with Gasteiger partial charge in [-0.3, -0.25) is 9.97 Å². The Morgan fingerprint density at radius 2 is 1.71 bits per heavy atom. The van der Waals surface area contributed by atoms with Gasteiger partial charge in [-0.05, 0) is 37.1 Å². The summed E-state index contributed by atoms with van der Waals surface area (Å²) >= 11 is 0. The minimum atomic E-state index is 0.695. The molecule has 2 aromatic rings. The largest absolute Gasteiger partial charge is 0.379 e. The van der Waals surface area contributed by atoms with Crippen molar-refractivity contribution < 1.29 is 0 Å². The molecule has 21 heavy (non-hydrogen) atoms. The Labute approximate surface area is 127 Å². The van der Waals surface area contributed by atoms with Gasteiger partial charge in [0.25, 0.3) is 0 Å². The first-order valence-electron chi connectivity index (χ1n) is 7.67. The molecule has 1 N–H and O–H groups in total. The van der Waals surface area contributed by atoms with E-state index < -0.39 is 0 Å². The van der Waals surface area contributed by atoms with Crippen LogP contribution in [0, 0.1) is 0 Å². The number of aromatic nitrogens is 2. The Hall–Kier alpha value is -2.10. The van der Waals surface area contributed by atoms with Crippen molar-refractivity contribution in [3.8, 4) is 0 Å². The molecular weight excluding hydrogens is 260 g/mol. The van der Waals surface area contributed by atoms with Gasteiger partial charge in [-0.2, -0.15) is 0 Å². The maximum Gasteiger partial charge on any atom is 0.0777 e. The molecule has 0 radical (unpaired) electrons. The molecule has 4 nitrogen and oxygen atoms in total. The van der Waals surface area contributed by atoms with Crippen LogP contribution in [-0.2, 0) is 6.54 Å². The van der Waals surface area contributed by atoms with E-state index in [0.29, 0.717) is 6.54 Å². The van der Waals surface area contributed by atoms with Gasteiger partial charge in [-0.1, -0.05) is 13.8 Å². The fraction of sp³-hybridized carbons (Fsp3) is 0.412. The molecule has 0 aliphatic carbocycles. The van der Waals surface area contributed by atoms with Crippen LogP contribution in [0.2, 0.25) is 0 Å². The molecule has 1 aromatic carbocycles. The maximum atomic E-state index is 4.26. The van der Waals surface area contributed by atoms with Gasteiger partial charge in [-0.15, -0.1) is 0 Å². The van der Waals surface area contributed by atoms with Crippen molar-refractivity contribution >= 4 is 11.4 Å². The summed E-state index contributed by atoms with van der Waals surface area (Å²) in [6.45, 7) is 7.36. The molecule has 0 fully saturated rings. The lowest BCUT2D eigenvalue weighted by molar-refractivity contribution is 0.745. The summed E-state index contributed by atoms with van der Waals surface area (Å²) in [6.07, 6.45) is 7.53. The monoisotopic (exact) mass is 284 g/mol. The van der Waals surface area contributed by atoms with Gasteiger partial charge in [-0.25, -0.2) is 0 Å². The van der Waals surface area contributed by atoms with Crippen molar-refractivity contribution in [1.82, 2.24) is 9.97 Å². The molecule has 0 atom stereocenters. The lowest BCUT2D eigenvalue weighted by Gasteiger charge is -2.24. The molecule has 0 unspecified atom stereocenters. The number of rotatable bonds is 8. The number of nitrogens with zero attached hydrogens (tertiary/aromatic N) is 3. The van der Waals surface area contributed by atoms with E-state index in [9.17, 15) is 0 Å². The molecular formula is C17H24N4. The van der Waals surface area contributed by atoms with Crippen molar-refractivity contribution in [2.45, 2.75) is 33.2 Å². The zero-order valence-corrected chi connectivity index (χ0v) is 12.9. The number of nitrogens with one attached hydrogen (secondary N) is 1. The molecule has 4 heteroatoms. The summed E-state index contributed by atoms with van der Waals surface area (Å²) in [7, 11) is 0. The highest BCUT2D eigenvalue weighted by Gasteiger charge is 2.04. The Kier molecular flexibility index (Phi) is 6.00. The third-order valence-electron chi connectivity index (χ3n) is 3.31. The van der Waals surface area contributed by atoms with Crippen LogP contribution >= 0.6 is 0 Å². The average molecular weight is 284 g/mol. The van der Waals surface area contributed by atoms with E-state index in [2.05, 4.69) is 58.3 Å². The fourth-order valence-corrected chi connectivity index (χ4v) is 2.31. The minimum absolute atomic E-state index is 0.695. The van der Waals surface area contributed by atoms with Gasteiger partial charge < -0.3 is 10.2 Å². The smallest absolute Gasteiger partial charge is 0.0777 e. The van der Waals surface area contributed by atoms with E-state index in [1.54, 1.807) is 18.6 Å². The van der Waals surface area contributed by atoms with E-state index >= 15 is 0 Å². The van der Waals surface area contributed by atoms with Crippen LogP contribution in [0.4, 0.5) is 11.4 Å². The third-order valence-corrected chi connectivity index (χ3v) is 3.31. The highest BCUT2D eigenvalue weighted by atomic mass is 15.1. The van der Waals surface area contributed by atoms with Gasteiger partial charge >= 0.3 is 0 Å². The number of benzene rings is 1. The Balaban J connectivity index is 1.94. The second-order valence-corrected chi connectivity index (χ2v) is 5.08. The van der Waals surface area contributed by atoms with E-state index in [0.717, 1.165) is 24.5 Å². The molecule has 2 rings (SSSR count). The lowest BCUT2D eigenvalue weighted by Crippen LogP contribution is -2.24. The molecule has 0 bridgehead atoms. The minimum Gasteiger partial charge on any atom is -0.379 e. The van der Waals surface area contributed by atoms with Gasteiger partial charge in [0.05, 0.1) is 18.4 Å². The second kappa shape index (κ2) is 8.25. The summed E-state index contributed by atoms with van der Waals surface area (Å²) in [6, 6.07) is 8.63. The first kappa shape index (κ1) is 15.3. The summed E-state index contributed by atoms with van der Waals surface area (Å²) in [5.74, 6) is 0. The van der Waals surface area contributed by atoms with Crippen molar-refractivity contribution in [2.24, 2.45) is 0 Å². The summed E-state index contributed by atoms with van der Waals surface area (Å²) < 4.78 is 0. The van der Waals surface area contributed by atoms with E-state index in [4.69, 9.17) is 0 Å².